The molecule has 1 atom stereocenters. The van der Waals surface area contributed by atoms with Gasteiger partial charge in [-0.3, -0.25) is 9.78 Å². The average molecular weight is 247 g/mol. The number of carbonyl (C=O) groups excluding carboxylic acids is 1. The van der Waals surface area contributed by atoms with Crippen LogP contribution < -0.4 is 11.1 Å². The summed E-state index contributed by atoms with van der Waals surface area (Å²) in [5.41, 5.74) is 6.74. The van der Waals surface area contributed by atoms with Crippen molar-refractivity contribution in [2.75, 3.05) is 5.73 Å². The van der Waals surface area contributed by atoms with Crippen LogP contribution in [-0.4, -0.2) is 31.5 Å². The summed E-state index contributed by atoms with van der Waals surface area (Å²) in [5, 5.41) is 16.1. The van der Waals surface area contributed by atoms with E-state index in [1.165, 1.54) is 6.20 Å². The van der Waals surface area contributed by atoms with Crippen LogP contribution in [0.25, 0.3) is 0 Å². The Bertz CT molecular complexity index is 508. The monoisotopic (exact) mass is 247 g/mol. The molecule has 2 rings (SSSR count). The third-order valence-corrected chi connectivity index (χ3v) is 2.32. The highest BCUT2D eigenvalue weighted by molar-refractivity contribution is 5.78. The van der Waals surface area contributed by atoms with Gasteiger partial charge in [0.1, 0.15) is 0 Å². The zero-order valence-corrected chi connectivity index (χ0v) is 9.79. The lowest BCUT2D eigenvalue weighted by molar-refractivity contribution is -0.121. The van der Waals surface area contributed by atoms with Crippen molar-refractivity contribution in [3.05, 3.63) is 29.8 Å². The third-order valence-electron chi connectivity index (χ3n) is 2.32. The molecule has 0 aliphatic rings. The van der Waals surface area contributed by atoms with Crippen molar-refractivity contribution in [1.82, 2.24) is 30.9 Å². The first-order valence-electron chi connectivity index (χ1n) is 5.38. The SMILES string of the molecule is CC(NC(=O)Cc1ccc(N)cn1)c1nn[nH]n1. The van der Waals surface area contributed by atoms with Gasteiger partial charge in [-0.25, -0.2) is 0 Å². The Labute approximate surface area is 103 Å². The second-order valence-corrected chi connectivity index (χ2v) is 3.82. The van der Waals surface area contributed by atoms with Crippen LogP contribution in [0, 0.1) is 0 Å². The Morgan fingerprint density at radius 1 is 1.56 bits per heavy atom. The summed E-state index contributed by atoms with van der Waals surface area (Å²) in [4.78, 5) is 15.8. The number of nitrogens with two attached hydrogens (primary N) is 1. The van der Waals surface area contributed by atoms with Gasteiger partial charge in [0.05, 0.1) is 24.3 Å². The number of anilines is 1. The second kappa shape index (κ2) is 5.21. The smallest absolute Gasteiger partial charge is 0.226 e. The number of carbonyl (C=O) groups is 1. The van der Waals surface area contributed by atoms with Gasteiger partial charge in [-0.15, -0.1) is 10.2 Å². The largest absolute Gasteiger partial charge is 0.397 e. The molecule has 0 saturated carbocycles. The van der Waals surface area contributed by atoms with E-state index >= 15 is 0 Å². The van der Waals surface area contributed by atoms with Crippen molar-refractivity contribution >= 4 is 11.6 Å². The maximum absolute atomic E-state index is 11.7. The Morgan fingerprint density at radius 3 is 3.00 bits per heavy atom. The molecule has 2 aromatic rings. The maximum atomic E-state index is 11.7. The Morgan fingerprint density at radius 2 is 2.39 bits per heavy atom. The molecular formula is C10H13N7O. The molecule has 1 amide bonds. The zero-order chi connectivity index (χ0) is 13.0. The van der Waals surface area contributed by atoms with Crippen LogP contribution >= 0.6 is 0 Å². The molecule has 8 heteroatoms. The number of H-pyrrole nitrogens is 1. The summed E-state index contributed by atoms with van der Waals surface area (Å²) >= 11 is 0. The van der Waals surface area contributed by atoms with E-state index in [1.807, 2.05) is 0 Å². The van der Waals surface area contributed by atoms with Crippen molar-refractivity contribution in [3.63, 3.8) is 0 Å². The molecule has 0 saturated heterocycles. The minimum absolute atomic E-state index is 0.162. The predicted molar refractivity (Wildman–Crippen MR) is 63.1 cm³/mol. The van der Waals surface area contributed by atoms with Crippen LogP contribution in [0.5, 0.6) is 0 Å². The number of hydrogen-bond donors (Lipinski definition) is 3. The van der Waals surface area contributed by atoms with Crippen LogP contribution in [0.15, 0.2) is 18.3 Å². The van der Waals surface area contributed by atoms with Crippen LogP contribution in [0.2, 0.25) is 0 Å². The lowest BCUT2D eigenvalue weighted by atomic mass is 10.2. The Kier molecular flexibility index (Phi) is 3.46. The van der Waals surface area contributed by atoms with E-state index in [9.17, 15) is 4.79 Å². The highest BCUT2D eigenvalue weighted by Gasteiger charge is 2.13. The molecule has 0 radical (unpaired) electrons. The number of rotatable bonds is 4. The van der Waals surface area contributed by atoms with Crippen molar-refractivity contribution in [3.8, 4) is 0 Å². The molecule has 0 spiro atoms. The molecule has 1 unspecified atom stereocenters. The molecule has 0 aliphatic carbocycles. The first-order chi connectivity index (χ1) is 8.65. The fourth-order valence-electron chi connectivity index (χ4n) is 1.42. The van der Waals surface area contributed by atoms with Crippen LogP contribution in [-0.2, 0) is 11.2 Å². The van der Waals surface area contributed by atoms with Crippen LogP contribution in [0.3, 0.4) is 0 Å². The van der Waals surface area contributed by atoms with Crippen molar-refractivity contribution in [2.45, 2.75) is 19.4 Å². The molecule has 8 nitrogen and oxygen atoms in total. The van der Waals surface area contributed by atoms with Crippen molar-refractivity contribution < 1.29 is 4.79 Å². The number of amides is 1. The standard InChI is InChI=1S/C10H13N7O/c1-6(10-14-16-17-15-10)13-9(18)4-8-3-2-7(11)5-12-8/h2-3,5-6H,4,11H2,1H3,(H,13,18)(H,14,15,16,17). The molecule has 2 aromatic heterocycles. The molecule has 94 valence electrons. The van der Waals surface area contributed by atoms with Gasteiger partial charge in [0, 0.05) is 5.69 Å². The molecule has 18 heavy (non-hydrogen) atoms. The lowest BCUT2D eigenvalue weighted by Gasteiger charge is -2.09. The second-order valence-electron chi connectivity index (χ2n) is 3.82. The first-order valence-corrected chi connectivity index (χ1v) is 5.38. The summed E-state index contributed by atoms with van der Waals surface area (Å²) in [6.45, 7) is 1.78. The number of aromatic amines is 1. The molecule has 2 heterocycles. The van der Waals surface area contributed by atoms with Crippen LogP contribution in [0.1, 0.15) is 24.5 Å². The summed E-state index contributed by atoms with van der Waals surface area (Å²) in [5.74, 6) is 0.276. The fourth-order valence-corrected chi connectivity index (χ4v) is 1.42. The topological polar surface area (TPSA) is 122 Å². The van der Waals surface area contributed by atoms with E-state index in [0.29, 0.717) is 17.2 Å². The summed E-state index contributed by atoms with van der Waals surface area (Å²) in [7, 11) is 0. The van der Waals surface area contributed by atoms with Gasteiger partial charge in [-0.2, -0.15) is 5.21 Å². The highest BCUT2D eigenvalue weighted by atomic mass is 16.1. The van der Waals surface area contributed by atoms with Gasteiger partial charge in [0.15, 0.2) is 5.82 Å². The number of hydrogen-bond acceptors (Lipinski definition) is 6. The third kappa shape index (κ3) is 3.00. The number of nitrogen functional groups attached to an aromatic ring is 1. The number of nitrogens with one attached hydrogen (secondary N) is 2. The zero-order valence-electron chi connectivity index (χ0n) is 9.79. The van der Waals surface area contributed by atoms with Crippen molar-refractivity contribution in [1.29, 1.82) is 0 Å². The van der Waals surface area contributed by atoms with E-state index in [2.05, 4.69) is 30.9 Å². The summed E-state index contributed by atoms with van der Waals surface area (Å²) < 4.78 is 0. The van der Waals surface area contributed by atoms with Gasteiger partial charge in [-0.05, 0) is 19.1 Å². The van der Waals surface area contributed by atoms with Crippen molar-refractivity contribution in [2.24, 2.45) is 0 Å². The minimum atomic E-state index is -0.301. The molecule has 0 aromatic carbocycles. The molecule has 4 N–H and O–H groups in total. The fraction of sp³-hybridized carbons (Fsp3) is 0.300. The van der Waals surface area contributed by atoms with E-state index in [4.69, 9.17) is 5.73 Å². The Balaban J connectivity index is 1.91. The van der Waals surface area contributed by atoms with Gasteiger partial charge in [0.25, 0.3) is 0 Å². The Hall–Kier alpha value is -2.51. The normalized spacial score (nSPS) is 12.1. The number of pyridine rings is 1. The number of aromatic nitrogens is 5. The minimum Gasteiger partial charge on any atom is -0.397 e. The molecule has 0 bridgehead atoms. The summed E-state index contributed by atoms with van der Waals surface area (Å²) in [6.07, 6.45) is 1.70. The van der Waals surface area contributed by atoms with Gasteiger partial charge in [0.2, 0.25) is 5.91 Å². The average Bonchev–Trinajstić information content (AvgIpc) is 2.85. The highest BCUT2D eigenvalue weighted by Crippen LogP contribution is 2.05. The van der Waals surface area contributed by atoms with E-state index in [-0.39, 0.29) is 18.4 Å². The van der Waals surface area contributed by atoms with Gasteiger partial charge < -0.3 is 11.1 Å². The van der Waals surface area contributed by atoms with E-state index in [1.54, 1.807) is 19.1 Å². The molecular weight excluding hydrogens is 234 g/mol. The number of tetrazole rings is 1. The summed E-state index contributed by atoms with van der Waals surface area (Å²) in [6, 6.07) is 3.12. The van der Waals surface area contributed by atoms with E-state index in [0.717, 1.165) is 0 Å². The molecule has 0 fully saturated rings. The number of nitrogens with zero attached hydrogens (tertiary/aromatic N) is 4. The maximum Gasteiger partial charge on any atom is 0.226 e. The van der Waals surface area contributed by atoms with E-state index < -0.39 is 0 Å². The first kappa shape index (κ1) is 12.0. The van der Waals surface area contributed by atoms with Crippen LogP contribution in [0.4, 0.5) is 5.69 Å². The quantitative estimate of drug-likeness (QED) is 0.675. The predicted octanol–water partition coefficient (Wildman–Crippen LogP) is -0.403. The lowest BCUT2D eigenvalue weighted by Crippen LogP contribution is -2.29. The molecule has 0 aliphatic heterocycles. The van der Waals surface area contributed by atoms with Gasteiger partial charge >= 0.3 is 0 Å². The van der Waals surface area contributed by atoms with Gasteiger partial charge in [-0.1, -0.05) is 5.21 Å².